The molecule has 5 heteroatoms. The quantitative estimate of drug-likeness (QED) is 0.775. The maximum Gasteiger partial charge on any atom is 0.259 e. The average molecular weight is 286 g/mol. The van der Waals surface area contributed by atoms with Gasteiger partial charge in [0.25, 0.3) is 5.91 Å². The molecule has 0 aliphatic carbocycles. The number of amides is 1. The van der Waals surface area contributed by atoms with Gasteiger partial charge in [-0.05, 0) is 37.1 Å². The van der Waals surface area contributed by atoms with Crippen LogP contribution in [0.4, 0.5) is 0 Å². The van der Waals surface area contributed by atoms with E-state index in [2.05, 4.69) is 22.2 Å². The van der Waals surface area contributed by atoms with E-state index in [4.69, 9.17) is 0 Å². The molecular formula is C15H14N2O2S. The molecule has 0 saturated heterocycles. The highest BCUT2D eigenvalue weighted by atomic mass is 32.2. The third-order valence-electron chi connectivity index (χ3n) is 2.64. The molecule has 0 bridgehead atoms. The van der Waals surface area contributed by atoms with Gasteiger partial charge in [-0.25, -0.2) is 4.99 Å². The van der Waals surface area contributed by atoms with Crippen LogP contribution in [0, 0.1) is 11.8 Å². The van der Waals surface area contributed by atoms with Crippen molar-refractivity contribution in [1.29, 1.82) is 0 Å². The first kappa shape index (κ1) is 14.2. The van der Waals surface area contributed by atoms with Gasteiger partial charge in [0.2, 0.25) is 0 Å². The molecule has 0 unspecified atom stereocenters. The van der Waals surface area contributed by atoms with E-state index in [0.717, 1.165) is 11.3 Å². The summed E-state index contributed by atoms with van der Waals surface area (Å²) in [6.45, 7) is 1.80. The summed E-state index contributed by atoms with van der Waals surface area (Å²) < 4.78 is 0. The number of carbonyl (C=O) groups excluding carboxylic acids is 1. The van der Waals surface area contributed by atoms with E-state index in [1.165, 1.54) is 11.8 Å². The summed E-state index contributed by atoms with van der Waals surface area (Å²) in [6.07, 6.45) is 0. The van der Waals surface area contributed by atoms with Crippen molar-refractivity contribution in [3.05, 3.63) is 40.4 Å². The van der Waals surface area contributed by atoms with Crippen molar-refractivity contribution >= 4 is 23.4 Å². The fraction of sp³-hybridized carbons (Fsp3) is 0.200. The molecule has 1 aromatic carbocycles. The number of aliphatic imine (C=N–C) groups is 1. The molecule has 1 heterocycles. The van der Waals surface area contributed by atoms with Gasteiger partial charge in [-0.3, -0.25) is 4.79 Å². The molecular weight excluding hydrogens is 272 g/mol. The van der Waals surface area contributed by atoms with Gasteiger partial charge in [0, 0.05) is 18.4 Å². The first-order valence-electron chi connectivity index (χ1n) is 6.04. The van der Waals surface area contributed by atoms with Crippen LogP contribution in [0.1, 0.15) is 12.5 Å². The van der Waals surface area contributed by atoms with E-state index in [-0.39, 0.29) is 11.7 Å². The monoisotopic (exact) mass is 286 g/mol. The van der Waals surface area contributed by atoms with E-state index in [1.807, 2.05) is 0 Å². The Bertz CT molecular complexity index is 649. The van der Waals surface area contributed by atoms with Crippen molar-refractivity contribution in [3.63, 3.8) is 0 Å². The zero-order valence-electron chi connectivity index (χ0n) is 11.2. The van der Waals surface area contributed by atoms with Crippen LogP contribution >= 0.6 is 11.8 Å². The smallest absolute Gasteiger partial charge is 0.259 e. The first-order chi connectivity index (χ1) is 9.60. The maximum atomic E-state index is 11.6. The molecule has 20 heavy (non-hydrogen) atoms. The maximum absolute atomic E-state index is 11.6. The summed E-state index contributed by atoms with van der Waals surface area (Å²) in [4.78, 5) is 16.6. The van der Waals surface area contributed by atoms with E-state index in [9.17, 15) is 9.90 Å². The molecule has 4 nitrogen and oxygen atoms in total. The number of phenols is 1. The number of aromatic hydroxyl groups is 1. The lowest BCUT2D eigenvalue weighted by atomic mass is 10.2. The van der Waals surface area contributed by atoms with Crippen LogP contribution < -0.4 is 5.32 Å². The minimum absolute atomic E-state index is 0.109. The molecule has 2 rings (SSSR count). The van der Waals surface area contributed by atoms with Crippen molar-refractivity contribution in [2.24, 2.45) is 4.99 Å². The number of rotatable bonds is 1. The number of nitrogens with one attached hydrogen (secondary N) is 1. The van der Waals surface area contributed by atoms with Gasteiger partial charge in [0.15, 0.2) is 0 Å². The topological polar surface area (TPSA) is 61.7 Å². The number of allylic oxidation sites excluding steroid dienone is 1. The Kier molecular flexibility index (Phi) is 4.49. The lowest BCUT2D eigenvalue weighted by Crippen LogP contribution is -2.22. The van der Waals surface area contributed by atoms with Gasteiger partial charge < -0.3 is 10.4 Å². The van der Waals surface area contributed by atoms with Gasteiger partial charge in [0.05, 0.1) is 10.6 Å². The number of hydrogen-bond acceptors (Lipinski definition) is 4. The van der Waals surface area contributed by atoms with E-state index >= 15 is 0 Å². The third kappa shape index (κ3) is 3.43. The van der Waals surface area contributed by atoms with Crippen molar-refractivity contribution in [2.75, 3.05) is 12.8 Å². The summed E-state index contributed by atoms with van der Waals surface area (Å²) in [5.74, 6) is 6.69. The highest BCUT2D eigenvalue weighted by Crippen LogP contribution is 2.25. The molecule has 1 aliphatic heterocycles. The Balaban J connectivity index is 2.18. The molecule has 0 atom stereocenters. The number of phenolic OH excluding ortho intramolecular Hbond substituents is 1. The Labute approximate surface area is 122 Å². The molecule has 0 radical (unpaired) electrons. The standard InChI is InChI=1S/C15H14N2O2S/c1-10-14(15(19)16-2)20-9-12(17-10)6-3-11-4-7-13(18)8-5-11/h4-5,7-8,18H,9H2,1-2H3,(H,16,19). The van der Waals surface area contributed by atoms with Crippen LogP contribution in [0.25, 0.3) is 0 Å². The molecule has 2 N–H and O–H groups in total. The second-order valence-electron chi connectivity index (χ2n) is 4.14. The molecule has 102 valence electrons. The molecule has 1 aliphatic rings. The number of thioether (sulfide) groups is 1. The van der Waals surface area contributed by atoms with Crippen molar-refractivity contribution in [3.8, 4) is 17.6 Å². The largest absolute Gasteiger partial charge is 0.508 e. The number of carbonyl (C=O) groups is 1. The molecule has 0 spiro atoms. The van der Waals surface area contributed by atoms with Gasteiger partial charge in [-0.2, -0.15) is 0 Å². The van der Waals surface area contributed by atoms with Crippen molar-refractivity contribution < 1.29 is 9.90 Å². The fourth-order valence-corrected chi connectivity index (χ4v) is 2.53. The van der Waals surface area contributed by atoms with Crippen LogP contribution in [-0.2, 0) is 4.79 Å². The summed E-state index contributed by atoms with van der Waals surface area (Å²) in [7, 11) is 1.60. The van der Waals surface area contributed by atoms with Crippen molar-refractivity contribution in [1.82, 2.24) is 5.32 Å². The molecule has 0 aromatic heterocycles. The normalized spacial score (nSPS) is 14.2. The number of benzene rings is 1. The number of likely N-dealkylation sites (N-methyl/N-ethyl adjacent to an activating group) is 1. The minimum Gasteiger partial charge on any atom is -0.508 e. The minimum atomic E-state index is -0.109. The molecule has 0 saturated carbocycles. The van der Waals surface area contributed by atoms with Crippen LogP contribution in [-0.4, -0.2) is 29.5 Å². The lowest BCUT2D eigenvalue weighted by molar-refractivity contribution is -0.116. The van der Waals surface area contributed by atoms with Gasteiger partial charge >= 0.3 is 0 Å². The Hall–Kier alpha value is -2.19. The van der Waals surface area contributed by atoms with Crippen molar-refractivity contribution in [2.45, 2.75) is 6.92 Å². The van der Waals surface area contributed by atoms with Crippen LogP contribution in [0.2, 0.25) is 0 Å². The Morgan fingerprint density at radius 3 is 2.65 bits per heavy atom. The first-order valence-corrected chi connectivity index (χ1v) is 7.03. The van der Waals surface area contributed by atoms with Gasteiger partial charge in [0.1, 0.15) is 11.5 Å². The lowest BCUT2D eigenvalue weighted by Gasteiger charge is -2.12. The van der Waals surface area contributed by atoms with Crippen LogP contribution in [0.15, 0.2) is 39.9 Å². The fourth-order valence-electron chi connectivity index (χ4n) is 1.63. The van der Waals surface area contributed by atoms with E-state index in [1.54, 1.807) is 38.2 Å². The summed E-state index contributed by atoms with van der Waals surface area (Å²) in [6, 6.07) is 6.68. The van der Waals surface area contributed by atoms with Crippen LogP contribution in [0.5, 0.6) is 5.75 Å². The summed E-state index contributed by atoms with van der Waals surface area (Å²) in [5, 5.41) is 11.8. The van der Waals surface area contributed by atoms with Gasteiger partial charge in [-0.1, -0.05) is 5.92 Å². The highest BCUT2D eigenvalue weighted by molar-refractivity contribution is 8.04. The van der Waals surface area contributed by atoms with Crippen LogP contribution in [0.3, 0.4) is 0 Å². The SMILES string of the molecule is CNC(=O)C1=C(C)N=C(C#Cc2ccc(O)cc2)CS1. The summed E-state index contributed by atoms with van der Waals surface area (Å²) in [5.41, 5.74) is 2.25. The van der Waals surface area contributed by atoms with Gasteiger partial charge in [-0.15, -0.1) is 11.8 Å². The zero-order valence-corrected chi connectivity index (χ0v) is 12.0. The third-order valence-corrected chi connectivity index (χ3v) is 3.82. The average Bonchev–Trinajstić information content (AvgIpc) is 2.46. The molecule has 1 amide bonds. The number of hydrogen-bond donors (Lipinski definition) is 2. The van der Waals surface area contributed by atoms with E-state index < -0.39 is 0 Å². The zero-order chi connectivity index (χ0) is 14.5. The second kappa shape index (κ2) is 6.31. The number of nitrogens with zero attached hydrogens (tertiary/aromatic N) is 1. The Morgan fingerprint density at radius 1 is 1.35 bits per heavy atom. The summed E-state index contributed by atoms with van der Waals surface area (Å²) >= 11 is 1.44. The predicted molar refractivity (Wildman–Crippen MR) is 81.6 cm³/mol. The highest BCUT2D eigenvalue weighted by Gasteiger charge is 2.17. The predicted octanol–water partition coefficient (Wildman–Crippen LogP) is 1.91. The van der Waals surface area contributed by atoms with E-state index in [0.29, 0.717) is 16.4 Å². The Morgan fingerprint density at radius 2 is 2.05 bits per heavy atom. The second-order valence-corrected chi connectivity index (χ2v) is 5.12. The molecule has 0 fully saturated rings. The molecule has 1 aromatic rings.